The first-order valence-electron chi connectivity index (χ1n) is 11.5. The molecule has 1 fully saturated rings. The Labute approximate surface area is 209 Å². The Kier molecular flexibility index (Phi) is 6.71. The second-order valence-corrected chi connectivity index (χ2v) is 12.0. The van der Waals surface area contributed by atoms with Gasteiger partial charge in [0, 0.05) is 62.3 Å². The van der Waals surface area contributed by atoms with Crippen LogP contribution in [0.3, 0.4) is 0 Å². The van der Waals surface area contributed by atoms with Crippen LogP contribution in [0.15, 0.2) is 39.9 Å². The minimum absolute atomic E-state index is 0.229. The molecule has 3 aromatic rings. The van der Waals surface area contributed by atoms with Crippen LogP contribution in [0.1, 0.15) is 26.5 Å². The molecule has 0 bridgehead atoms. The number of nitrogens with zero attached hydrogens (tertiary/aromatic N) is 5. The molecule has 4 heterocycles. The maximum Gasteiger partial charge on any atom is 0.412 e. The van der Waals surface area contributed by atoms with E-state index in [9.17, 15) is 23.1 Å². The summed E-state index contributed by atoms with van der Waals surface area (Å²) in [6.07, 6.45) is 4.80. The van der Waals surface area contributed by atoms with Gasteiger partial charge in [0.1, 0.15) is 11.3 Å². The molecule has 194 valence electrons. The number of hydrogen-bond donors (Lipinski definition) is 1. The van der Waals surface area contributed by atoms with Crippen LogP contribution in [0.4, 0.5) is 10.5 Å². The summed E-state index contributed by atoms with van der Waals surface area (Å²) in [6, 6.07) is 3.42. The number of carboxylic acid groups (broad SMARTS) is 1. The molecule has 0 aliphatic carbocycles. The number of carbonyl (C=O) groups is 1. The molecule has 1 saturated heterocycles. The largest absolute Gasteiger partial charge is 0.465 e. The highest BCUT2D eigenvalue weighted by atomic mass is 32.2. The number of aryl methyl sites for hydroxylation is 1. The van der Waals surface area contributed by atoms with Gasteiger partial charge in [-0.1, -0.05) is 0 Å². The molecule has 1 aliphatic heterocycles. The topological polar surface area (TPSA) is 129 Å². The minimum atomic E-state index is -3.23. The molecule has 0 radical (unpaired) electrons. The maximum atomic E-state index is 13.0. The number of amides is 1. The summed E-state index contributed by atoms with van der Waals surface area (Å²) >= 11 is 0. The molecule has 4 rings (SSSR count). The van der Waals surface area contributed by atoms with Gasteiger partial charge in [0.2, 0.25) is 10.0 Å². The molecule has 36 heavy (non-hydrogen) atoms. The van der Waals surface area contributed by atoms with E-state index in [1.165, 1.54) is 26.2 Å². The number of piperazine rings is 1. The highest BCUT2D eigenvalue weighted by molar-refractivity contribution is 7.88. The van der Waals surface area contributed by atoms with Gasteiger partial charge in [-0.25, -0.2) is 13.2 Å². The van der Waals surface area contributed by atoms with Gasteiger partial charge in [0.15, 0.2) is 0 Å². The molecule has 0 unspecified atom stereocenters. The normalized spacial score (nSPS) is 15.9. The summed E-state index contributed by atoms with van der Waals surface area (Å²) in [5.41, 5.74) is 0.930. The van der Waals surface area contributed by atoms with Crippen LogP contribution < -0.4 is 10.5 Å². The fourth-order valence-electron chi connectivity index (χ4n) is 4.55. The lowest BCUT2D eigenvalue weighted by Crippen LogP contribution is -2.47. The molecule has 1 N–H and O–H groups in total. The van der Waals surface area contributed by atoms with Crippen molar-refractivity contribution in [2.75, 3.05) is 37.3 Å². The zero-order valence-corrected chi connectivity index (χ0v) is 21.9. The fraction of sp³-hybridized carbons (Fsp3) is 0.458. The van der Waals surface area contributed by atoms with Crippen LogP contribution in [0.2, 0.25) is 0 Å². The highest BCUT2D eigenvalue weighted by Gasteiger charge is 2.31. The van der Waals surface area contributed by atoms with E-state index in [1.807, 2.05) is 0 Å². The minimum Gasteiger partial charge on any atom is -0.465 e. The number of hydrogen-bond acceptors (Lipinski definition) is 7. The summed E-state index contributed by atoms with van der Waals surface area (Å²) in [4.78, 5) is 32.6. The third kappa shape index (κ3) is 5.01. The average Bonchev–Trinajstić information content (AvgIpc) is 3.19. The summed E-state index contributed by atoms with van der Waals surface area (Å²) < 4.78 is 32.7. The van der Waals surface area contributed by atoms with E-state index in [2.05, 4.69) is 9.88 Å². The van der Waals surface area contributed by atoms with E-state index in [4.69, 9.17) is 4.42 Å². The van der Waals surface area contributed by atoms with Gasteiger partial charge >= 0.3 is 6.09 Å². The van der Waals surface area contributed by atoms with Crippen molar-refractivity contribution in [3.8, 4) is 11.1 Å². The maximum absolute atomic E-state index is 13.0. The molecule has 1 amide bonds. The van der Waals surface area contributed by atoms with E-state index in [1.54, 1.807) is 52.3 Å². The summed E-state index contributed by atoms with van der Waals surface area (Å²) in [6.45, 7) is 7.68. The zero-order valence-electron chi connectivity index (χ0n) is 21.1. The van der Waals surface area contributed by atoms with Crippen molar-refractivity contribution in [2.45, 2.75) is 32.9 Å². The lowest BCUT2D eigenvalue weighted by molar-refractivity contribution is 0.172. The standard InChI is InChI=1S/C24H31N5O6S/c1-24(2,3)29(23(31)32)20-13-25-7-6-17(20)19-15-26(4)22(30)18-12-16(35-21(18)19)14-27-8-10-28(11-9-27)36(5,33)34/h6-7,12-13,15H,8-11,14H2,1-5H3,(H,31,32). The highest BCUT2D eigenvalue weighted by Crippen LogP contribution is 2.37. The Hall–Kier alpha value is -3.22. The second kappa shape index (κ2) is 9.34. The van der Waals surface area contributed by atoms with Crippen molar-refractivity contribution < 1.29 is 22.7 Å². The number of sulfonamides is 1. The van der Waals surface area contributed by atoms with Gasteiger partial charge < -0.3 is 14.1 Å². The predicted molar refractivity (Wildman–Crippen MR) is 137 cm³/mol. The van der Waals surface area contributed by atoms with Crippen molar-refractivity contribution in [1.82, 2.24) is 18.8 Å². The number of aromatic nitrogens is 2. The van der Waals surface area contributed by atoms with Crippen LogP contribution in [-0.4, -0.2) is 76.3 Å². The van der Waals surface area contributed by atoms with E-state index in [0.717, 1.165) is 0 Å². The first-order chi connectivity index (χ1) is 16.8. The smallest absolute Gasteiger partial charge is 0.412 e. The third-order valence-electron chi connectivity index (χ3n) is 6.27. The van der Waals surface area contributed by atoms with E-state index < -0.39 is 21.7 Å². The quantitative estimate of drug-likeness (QED) is 0.547. The first kappa shape index (κ1) is 25.9. The van der Waals surface area contributed by atoms with Crippen LogP contribution >= 0.6 is 0 Å². The van der Waals surface area contributed by atoms with Crippen LogP contribution in [-0.2, 0) is 23.6 Å². The number of furan rings is 1. The second-order valence-electron chi connectivity index (χ2n) is 10.0. The van der Waals surface area contributed by atoms with E-state index >= 15 is 0 Å². The molecular formula is C24H31N5O6S. The van der Waals surface area contributed by atoms with Gasteiger partial charge in [0.25, 0.3) is 5.56 Å². The van der Waals surface area contributed by atoms with E-state index in [0.29, 0.717) is 66.3 Å². The molecule has 3 aromatic heterocycles. The number of fused-ring (bicyclic) bond motifs is 1. The Balaban J connectivity index is 1.76. The van der Waals surface area contributed by atoms with Crippen molar-refractivity contribution in [3.05, 3.63) is 46.8 Å². The lowest BCUT2D eigenvalue weighted by Gasteiger charge is -2.34. The van der Waals surface area contributed by atoms with Crippen LogP contribution in [0, 0.1) is 0 Å². The molecule has 0 aromatic carbocycles. The summed E-state index contributed by atoms with van der Waals surface area (Å²) in [5, 5.41) is 10.4. The van der Waals surface area contributed by atoms with Crippen molar-refractivity contribution in [3.63, 3.8) is 0 Å². The average molecular weight is 518 g/mol. The molecule has 0 spiro atoms. The van der Waals surface area contributed by atoms with Gasteiger partial charge in [-0.3, -0.25) is 19.6 Å². The molecular weight excluding hydrogens is 486 g/mol. The van der Waals surface area contributed by atoms with Crippen LogP contribution in [0.25, 0.3) is 22.1 Å². The molecule has 1 aliphatic rings. The Morgan fingerprint density at radius 1 is 1.19 bits per heavy atom. The molecule has 12 heteroatoms. The SMILES string of the molecule is Cn1cc(-c2ccncc2N(C(=O)O)C(C)(C)C)c2oc(CN3CCN(S(C)(=O)=O)CC3)cc2c1=O. The third-order valence-corrected chi connectivity index (χ3v) is 7.58. The fourth-order valence-corrected chi connectivity index (χ4v) is 5.38. The Morgan fingerprint density at radius 3 is 2.44 bits per heavy atom. The lowest BCUT2D eigenvalue weighted by atomic mass is 10.0. The Bertz CT molecular complexity index is 1460. The zero-order chi connectivity index (χ0) is 26.4. The number of anilines is 1. The van der Waals surface area contributed by atoms with Crippen molar-refractivity contribution in [1.29, 1.82) is 0 Å². The van der Waals surface area contributed by atoms with E-state index in [-0.39, 0.29) is 5.56 Å². The first-order valence-corrected chi connectivity index (χ1v) is 13.4. The van der Waals surface area contributed by atoms with Gasteiger partial charge in [-0.05, 0) is 32.9 Å². The van der Waals surface area contributed by atoms with Gasteiger partial charge in [0.05, 0.1) is 30.1 Å². The monoisotopic (exact) mass is 517 g/mol. The predicted octanol–water partition coefficient (Wildman–Crippen LogP) is 2.55. The van der Waals surface area contributed by atoms with Gasteiger partial charge in [-0.2, -0.15) is 4.31 Å². The number of pyridine rings is 2. The molecule has 0 atom stereocenters. The van der Waals surface area contributed by atoms with Crippen LogP contribution in [0.5, 0.6) is 0 Å². The summed E-state index contributed by atoms with van der Waals surface area (Å²) in [5.74, 6) is 0.573. The molecule has 0 saturated carbocycles. The van der Waals surface area contributed by atoms with Crippen molar-refractivity contribution in [2.24, 2.45) is 7.05 Å². The number of rotatable bonds is 5. The summed E-state index contributed by atoms with van der Waals surface area (Å²) in [7, 11) is -1.59. The van der Waals surface area contributed by atoms with Crippen molar-refractivity contribution >= 4 is 32.8 Å². The van der Waals surface area contributed by atoms with Gasteiger partial charge in [-0.15, -0.1) is 0 Å². The molecule has 11 nitrogen and oxygen atoms in total. The Morgan fingerprint density at radius 2 is 1.86 bits per heavy atom.